The molecule has 3 heterocycles. The van der Waals surface area contributed by atoms with Crippen LogP contribution < -0.4 is 0 Å². The fourth-order valence-corrected chi connectivity index (χ4v) is 9.26. The molecule has 13 rings (SSSR count). The summed E-state index contributed by atoms with van der Waals surface area (Å²) in [4.78, 5) is 20.3. The smallest absolute Gasteiger partial charge is 0.227 e. The standard InChI is InChI=1S/C58H34N4O2/c1-2-14-39(15-3-1)58-59-51-33-50-49-32-40(28-31-52(49)63-53(50)34-54(51)64-58)44-30-29-43(45-20-8-9-21-46(44)45)37-24-26-38(27-25-37)55-60-56(47-22-10-16-35-12-4-6-18-41(35)47)62-57(61-55)48-23-11-17-36-13-5-7-19-42(36)48/h1-34H. The van der Waals surface area contributed by atoms with Crippen LogP contribution in [0.3, 0.4) is 0 Å². The summed E-state index contributed by atoms with van der Waals surface area (Å²) < 4.78 is 12.5. The monoisotopic (exact) mass is 818 g/mol. The lowest BCUT2D eigenvalue weighted by Gasteiger charge is -2.13. The van der Waals surface area contributed by atoms with Crippen molar-refractivity contribution in [1.29, 1.82) is 0 Å². The zero-order valence-corrected chi connectivity index (χ0v) is 34.2. The van der Waals surface area contributed by atoms with Crippen LogP contribution in [0, 0.1) is 0 Å². The van der Waals surface area contributed by atoms with Crippen molar-refractivity contribution in [2.24, 2.45) is 0 Å². The number of rotatable bonds is 6. The third-order valence-electron chi connectivity index (χ3n) is 12.4. The summed E-state index contributed by atoms with van der Waals surface area (Å²) in [5.74, 6) is 2.49. The molecule has 6 nitrogen and oxygen atoms in total. The summed E-state index contributed by atoms with van der Waals surface area (Å²) in [6.45, 7) is 0. The second-order valence-electron chi connectivity index (χ2n) is 16.2. The molecule has 3 aromatic heterocycles. The van der Waals surface area contributed by atoms with Crippen molar-refractivity contribution in [2.75, 3.05) is 0 Å². The van der Waals surface area contributed by atoms with Crippen LogP contribution in [0.5, 0.6) is 0 Å². The van der Waals surface area contributed by atoms with Gasteiger partial charge in [-0.05, 0) is 84.9 Å². The zero-order chi connectivity index (χ0) is 42.1. The SMILES string of the molecule is c1ccc(-c2nc3cc4c(cc3o2)oc2ccc(-c3ccc(-c5ccc(-c6nc(-c7cccc8ccccc78)nc(-c7cccc8ccccc78)n6)cc5)c5ccccc35)cc24)cc1. The fraction of sp³-hybridized carbons (Fsp3) is 0. The van der Waals surface area contributed by atoms with Gasteiger partial charge in [0, 0.05) is 39.1 Å². The lowest BCUT2D eigenvalue weighted by molar-refractivity contribution is 0.617. The van der Waals surface area contributed by atoms with Gasteiger partial charge in [0.2, 0.25) is 5.89 Å². The molecule has 10 aromatic carbocycles. The van der Waals surface area contributed by atoms with E-state index in [-0.39, 0.29) is 0 Å². The highest BCUT2D eigenvalue weighted by Crippen LogP contribution is 2.40. The summed E-state index contributed by atoms with van der Waals surface area (Å²) in [6, 6.07) is 71.5. The summed E-state index contributed by atoms with van der Waals surface area (Å²) >= 11 is 0. The van der Waals surface area contributed by atoms with Gasteiger partial charge in [-0.25, -0.2) is 19.9 Å². The third kappa shape index (κ3) is 5.96. The molecule has 0 aliphatic carbocycles. The molecule has 0 amide bonds. The maximum absolute atomic E-state index is 6.36. The molecule has 13 aromatic rings. The van der Waals surface area contributed by atoms with Crippen molar-refractivity contribution in [1.82, 2.24) is 19.9 Å². The van der Waals surface area contributed by atoms with Crippen LogP contribution in [0.15, 0.2) is 215 Å². The number of nitrogens with zero attached hydrogens (tertiary/aromatic N) is 4. The van der Waals surface area contributed by atoms with Gasteiger partial charge in [0.05, 0.1) is 0 Å². The van der Waals surface area contributed by atoms with Gasteiger partial charge in [0.15, 0.2) is 23.1 Å². The van der Waals surface area contributed by atoms with E-state index in [0.29, 0.717) is 28.9 Å². The molecule has 6 heteroatoms. The summed E-state index contributed by atoms with van der Waals surface area (Å²) in [5, 5.41) is 8.84. The maximum atomic E-state index is 6.36. The van der Waals surface area contributed by atoms with Crippen molar-refractivity contribution >= 4 is 65.4 Å². The highest BCUT2D eigenvalue weighted by molar-refractivity contribution is 6.12. The second kappa shape index (κ2) is 14.4. The third-order valence-corrected chi connectivity index (χ3v) is 12.4. The van der Waals surface area contributed by atoms with Gasteiger partial charge in [-0.2, -0.15) is 0 Å². The zero-order valence-electron chi connectivity index (χ0n) is 34.2. The summed E-state index contributed by atoms with van der Waals surface area (Å²) in [6.07, 6.45) is 0. The van der Waals surface area contributed by atoms with Crippen LogP contribution in [-0.4, -0.2) is 19.9 Å². The Bertz CT molecular complexity index is 3860. The number of oxazole rings is 1. The van der Waals surface area contributed by atoms with Crippen LogP contribution >= 0.6 is 0 Å². The molecule has 0 fully saturated rings. The van der Waals surface area contributed by atoms with E-state index in [0.717, 1.165) is 93.5 Å². The Balaban J connectivity index is 0.890. The molecule has 298 valence electrons. The maximum Gasteiger partial charge on any atom is 0.227 e. The highest BCUT2D eigenvalue weighted by atomic mass is 16.4. The molecule has 0 saturated carbocycles. The van der Waals surface area contributed by atoms with Gasteiger partial charge < -0.3 is 8.83 Å². The van der Waals surface area contributed by atoms with Gasteiger partial charge in [-0.1, -0.05) is 170 Å². The van der Waals surface area contributed by atoms with Gasteiger partial charge in [-0.15, -0.1) is 0 Å². The fourth-order valence-electron chi connectivity index (χ4n) is 9.26. The quantitative estimate of drug-likeness (QED) is 0.166. The molecule has 0 aliphatic rings. The molecule has 64 heavy (non-hydrogen) atoms. The average Bonchev–Trinajstić information content (AvgIpc) is 3.95. The number of fused-ring (bicyclic) bond motifs is 7. The van der Waals surface area contributed by atoms with Gasteiger partial charge in [0.1, 0.15) is 16.7 Å². The van der Waals surface area contributed by atoms with Crippen LogP contribution in [0.1, 0.15) is 0 Å². The summed E-state index contributed by atoms with van der Waals surface area (Å²) in [7, 11) is 0. The number of aromatic nitrogens is 4. The van der Waals surface area contributed by atoms with Crippen LogP contribution in [0.25, 0.3) is 133 Å². The first-order valence-electron chi connectivity index (χ1n) is 21.4. The number of furan rings is 1. The van der Waals surface area contributed by atoms with Crippen LogP contribution in [0.4, 0.5) is 0 Å². The average molecular weight is 819 g/mol. The minimum Gasteiger partial charge on any atom is -0.456 e. The number of hydrogen-bond donors (Lipinski definition) is 0. The minimum absolute atomic E-state index is 0.595. The normalized spacial score (nSPS) is 11.8. The van der Waals surface area contributed by atoms with Crippen molar-refractivity contribution in [3.8, 4) is 67.9 Å². The van der Waals surface area contributed by atoms with E-state index in [1.54, 1.807) is 0 Å². The first-order valence-corrected chi connectivity index (χ1v) is 21.4. The molecule has 0 N–H and O–H groups in total. The molecule has 0 spiro atoms. The van der Waals surface area contributed by atoms with Crippen LogP contribution in [0.2, 0.25) is 0 Å². The van der Waals surface area contributed by atoms with Crippen molar-refractivity contribution in [3.05, 3.63) is 206 Å². The van der Waals surface area contributed by atoms with Crippen molar-refractivity contribution in [2.45, 2.75) is 0 Å². The molecule has 0 saturated heterocycles. The number of hydrogen-bond acceptors (Lipinski definition) is 6. The Morgan fingerprint density at radius 1 is 0.266 bits per heavy atom. The first-order chi connectivity index (χ1) is 31.7. The second-order valence-corrected chi connectivity index (χ2v) is 16.2. The van der Waals surface area contributed by atoms with E-state index in [1.807, 2.05) is 36.4 Å². The van der Waals surface area contributed by atoms with E-state index in [2.05, 4.69) is 170 Å². The lowest BCUT2D eigenvalue weighted by atomic mass is 9.91. The molecule has 0 bridgehead atoms. The highest BCUT2D eigenvalue weighted by Gasteiger charge is 2.18. The van der Waals surface area contributed by atoms with Gasteiger partial charge in [-0.3, -0.25) is 0 Å². The molecule has 0 aliphatic heterocycles. The predicted octanol–water partition coefficient (Wildman–Crippen LogP) is 15.4. The molecule has 0 radical (unpaired) electrons. The molecule has 0 unspecified atom stereocenters. The van der Waals surface area contributed by atoms with E-state index in [9.17, 15) is 0 Å². The lowest BCUT2D eigenvalue weighted by Crippen LogP contribution is -2.01. The predicted molar refractivity (Wildman–Crippen MR) is 260 cm³/mol. The molecular weight excluding hydrogens is 785 g/mol. The Labute approximate surface area is 366 Å². The summed E-state index contributed by atoms with van der Waals surface area (Å²) in [5.41, 5.74) is 11.4. The Kier molecular flexibility index (Phi) is 8.11. The van der Waals surface area contributed by atoms with Crippen molar-refractivity contribution in [3.63, 3.8) is 0 Å². The molecular formula is C58H34N4O2. The largest absolute Gasteiger partial charge is 0.456 e. The van der Waals surface area contributed by atoms with E-state index in [4.69, 9.17) is 28.8 Å². The topological polar surface area (TPSA) is 77.8 Å². The number of benzene rings is 10. The first kappa shape index (κ1) is 36.0. The van der Waals surface area contributed by atoms with Gasteiger partial charge in [0.25, 0.3) is 0 Å². The van der Waals surface area contributed by atoms with E-state index < -0.39 is 0 Å². The van der Waals surface area contributed by atoms with E-state index >= 15 is 0 Å². The Hall–Kier alpha value is -8.74. The van der Waals surface area contributed by atoms with Crippen molar-refractivity contribution < 1.29 is 8.83 Å². The Morgan fingerprint density at radius 3 is 1.47 bits per heavy atom. The van der Waals surface area contributed by atoms with E-state index in [1.165, 1.54) is 10.8 Å². The Morgan fingerprint density at radius 2 is 0.797 bits per heavy atom. The van der Waals surface area contributed by atoms with Gasteiger partial charge >= 0.3 is 0 Å². The van der Waals surface area contributed by atoms with Crippen LogP contribution in [-0.2, 0) is 0 Å². The minimum atomic E-state index is 0.595. The molecule has 0 atom stereocenters.